The van der Waals surface area contributed by atoms with E-state index in [1.807, 2.05) is 91.6 Å². The summed E-state index contributed by atoms with van der Waals surface area (Å²) in [7, 11) is 0. The Morgan fingerprint density at radius 1 is 0.424 bits per heavy atom. The first-order valence-corrected chi connectivity index (χ1v) is 43.7. The quantitative estimate of drug-likeness (QED) is 0.0417. The van der Waals surface area contributed by atoms with Crippen LogP contribution < -0.4 is 26.6 Å². The third kappa shape index (κ3) is 21.8. The lowest BCUT2D eigenvalue weighted by atomic mass is 9.86. The summed E-state index contributed by atoms with van der Waals surface area (Å²) in [5, 5.41) is 16.6. The van der Waals surface area contributed by atoms with Crippen LogP contribution >= 0.6 is 46.4 Å². The first-order valence-electron chi connectivity index (χ1n) is 42.2. The maximum absolute atomic E-state index is 12.7. The molecule has 0 bridgehead atoms. The van der Waals surface area contributed by atoms with Gasteiger partial charge in [-0.2, -0.15) is 0 Å². The minimum Gasteiger partial charge on any atom is -0.381 e. The van der Waals surface area contributed by atoms with Gasteiger partial charge in [0.05, 0.1) is 24.2 Å². The van der Waals surface area contributed by atoms with Crippen LogP contribution in [0.3, 0.4) is 0 Å². The van der Waals surface area contributed by atoms with Crippen LogP contribution in [0, 0.1) is 30.6 Å². The van der Waals surface area contributed by atoms with Gasteiger partial charge in [0.15, 0.2) is 28.2 Å². The van der Waals surface area contributed by atoms with Crippen LogP contribution in [0.15, 0.2) is 60.7 Å². The molecule has 8 aliphatic rings. The number of imidazole rings is 5. The number of anilines is 5. The SMILES string of the molecule is CC(C)(C)OCCC(=O)Nc1nc2ccc(Cl)nc2n1C1CCC1.CC1(C)CC(CC(=O)Nc2nc3ccc(Cl)nc3n2C2CCC2)CCO1.Cc1ccc2nc(NC(=O)CC(C)C)n(C3CCC3)c2n1.O=C(CC1CCOC1)Nc1nc2ccc(Cl)nc2n1C1CCC1.O=C(CC1CCOCC1)Nc1nc2ccc(Cl)nc2n1C1CCC1. The van der Waals surface area contributed by atoms with E-state index in [2.05, 4.69) is 99.4 Å². The van der Waals surface area contributed by atoms with E-state index >= 15 is 0 Å². The van der Waals surface area contributed by atoms with Gasteiger partial charge in [-0.3, -0.25) is 73.4 Å². The molecule has 0 radical (unpaired) electrons. The lowest BCUT2D eigenvalue weighted by Gasteiger charge is -2.35. The number of ether oxygens (including phenoxy) is 4. The van der Waals surface area contributed by atoms with E-state index in [1.54, 1.807) is 24.3 Å². The smallest absolute Gasteiger partial charge is 0.229 e. The summed E-state index contributed by atoms with van der Waals surface area (Å²) in [5.41, 5.74) is 8.36. The van der Waals surface area contributed by atoms with Crippen molar-refractivity contribution in [3.8, 4) is 0 Å². The highest BCUT2D eigenvalue weighted by atomic mass is 35.5. The van der Waals surface area contributed by atoms with Crippen molar-refractivity contribution in [1.29, 1.82) is 0 Å². The number of rotatable bonds is 21. The molecule has 2 atom stereocenters. The van der Waals surface area contributed by atoms with Crippen molar-refractivity contribution in [3.63, 3.8) is 0 Å². The standard InChI is InChI=1S/C19H25ClN4O2.C17H21ClN4O2.C17H23ClN4O2.C16H19ClN4O2.C16H22N4O/c1-19(2)11-12(8-9-26-19)10-16(25)23-18-21-14-6-7-15(20)22-17(14)24(18)13-4-3-5-13;18-14-5-4-13-16(20-14)22(12-2-1-3-12)17(19-13)21-15(23)10-11-6-8-24-9-7-11;1-17(2,3)24-10-9-14(23)21-16-19-12-7-8-13(18)20-15(12)22(16)11-5-4-6-11;17-13-5-4-12-15(19-13)21(11-2-1-3-11)16(18-12)20-14(22)8-10-6-7-23-9-10;1-10(2)9-14(21)19-16-18-13-8-7-11(3)17-15(13)20(16)12-5-4-6-12/h6-7,12-13H,3-5,8-11H2,1-2H3,(H,21,23,25);4-5,11-12H,1-3,6-10H2,(H,19,21,23);7-8,11H,4-6,9-10H2,1-3H3,(H,19,21,23);4-5,10-11H,1-3,6-9H2,(H,18,20,22);7-8,10,12H,4-6,9H2,1-3H3,(H,18,19,21). The van der Waals surface area contributed by atoms with Gasteiger partial charge in [-0.15, -0.1) is 0 Å². The van der Waals surface area contributed by atoms with Crippen molar-refractivity contribution < 1.29 is 42.9 Å². The van der Waals surface area contributed by atoms with Crippen LogP contribution in [0.2, 0.25) is 20.6 Å². The van der Waals surface area contributed by atoms with Gasteiger partial charge in [-0.1, -0.05) is 60.3 Å². The molecule has 10 aromatic rings. The molecule has 33 heteroatoms. The number of pyridine rings is 5. The molecule has 3 aliphatic heterocycles. The topological polar surface area (TPSA) is 336 Å². The third-order valence-electron chi connectivity index (χ3n) is 23.2. The number of aromatic nitrogens is 15. The van der Waals surface area contributed by atoms with E-state index < -0.39 is 0 Å². The fourth-order valence-electron chi connectivity index (χ4n) is 16.0. The second-order valence-corrected chi connectivity index (χ2v) is 36.1. The molecule has 0 spiro atoms. The lowest BCUT2D eigenvalue weighted by molar-refractivity contribution is -0.120. The molecule has 5 amide bonds. The van der Waals surface area contributed by atoms with Crippen molar-refractivity contribution in [2.24, 2.45) is 23.7 Å². The number of nitrogens with one attached hydrogen (secondary N) is 5. The van der Waals surface area contributed by atoms with Crippen LogP contribution in [0.1, 0.15) is 245 Å². The Balaban J connectivity index is 0.000000121. The van der Waals surface area contributed by atoms with E-state index in [4.69, 9.17) is 65.4 Å². The molecule has 13 heterocycles. The maximum Gasteiger partial charge on any atom is 0.229 e. The van der Waals surface area contributed by atoms with Crippen molar-refractivity contribution in [2.75, 3.05) is 66.2 Å². The normalized spacial score (nSPS) is 19.1. The highest BCUT2D eigenvalue weighted by Crippen LogP contribution is 2.43. The highest BCUT2D eigenvalue weighted by molar-refractivity contribution is 6.30. The van der Waals surface area contributed by atoms with Gasteiger partial charge in [0.1, 0.15) is 48.2 Å². The van der Waals surface area contributed by atoms with Crippen molar-refractivity contribution in [3.05, 3.63) is 87.0 Å². The fraction of sp³-hybridized carbons (Fsp3) is 0.588. The number of fused-ring (bicyclic) bond motifs is 5. The minimum absolute atomic E-state index is 0.00896. The first kappa shape index (κ1) is 85.9. The maximum atomic E-state index is 12.7. The molecule has 632 valence electrons. The van der Waals surface area contributed by atoms with Crippen LogP contribution in [-0.2, 0) is 42.9 Å². The highest BCUT2D eigenvalue weighted by Gasteiger charge is 2.35. The van der Waals surface area contributed by atoms with E-state index in [0.717, 1.165) is 178 Å². The van der Waals surface area contributed by atoms with Gasteiger partial charge < -0.3 is 18.9 Å². The third-order valence-corrected chi connectivity index (χ3v) is 24.0. The van der Waals surface area contributed by atoms with Gasteiger partial charge in [0, 0.05) is 94.6 Å². The minimum atomic E-state index is -0.250. The monoisotopic (exact) mass is 1690 g/mol. The number of amides is 5. The fourth-order valence-corrected chi connectivity index (χ4v) is 16.6. The van der Waals surface area contributed by atoms with Gasteiger partial charge in [-0.25, -0.2) is 49.8 Å². The molecule has 5 saturated carbocycles. The van der Waals surface area contributed by atoms with Crippen LogP contribution in [0.25, 0.3) is 55.8 Å². The Hall–Kier alpha value is -8.55. The predicted octanol–water partition coefficient (Wildman–Crippen LogP) is 18.5. The molecule has 0 aromatic carbocycles. The number of carbonyl (C=O) groups is 5. The first-order chi connectivity index (χ1) is 56.7. The number of hydrogen-bond acceptors (Lipinski definition) is 19. The Bertz CT molecular complexity index is 5210. The summed E-state index contributed by atoms with van der Waals surface area (Å²) >= 11 is 24.2. The average Bonchev–Trinajstić information content (AvgIpc) is 1.65. The van der Waals surface area contributed by atoms with Crippen molar-refractivity contribution >= 4 is 162 Å². The zero-order valence-electron chi connectivity index (χ0n) is 68.8. The molecular formula is C85H110Cl4N20O9. The van der Waals surface area contributed by atoms with Gasteiger partial charge in [0.2, 0.25) is 59.3 Å². The molecule has 10 aromatic heterocycles. The summed E-state index contributed by atoms with van der Waals surface area (Å²) in [6.45, 7) is 20.2. The summed E-state index contributed by atoms with van der Waals surface area (Å²) in [6.07, 6.45) is 23.8. The molecule has 29 nitrogen and oxygen atoms in total. The van der Waals surface area contributed by atoms with E-state index in [-0.39, 0.29) is 40.7 Å². The van der Waals surface area contributed by atoms with Gasteiger partial charge in [-0.05, 0) is 254 Å². The second-order valence-electron chi connectivity index (χ2n) is 34.6. The van der Waals surface area contributed by atoms with Gasteiger partial charge in [0.25, 0.3) is 0 Å². The molecule has 8 fully saturated rings. The summed E-state index contributed by atoms with van der Waals surface area (Å²) < 4.78 is 32.3. The number of halogens is 4. The Labute approximate surface area is 707 Å². The number of aryl methyl sites for hydroxylation is 1. The molecule has 5 N–H and O–H groups in total. The van der Waals surface area contributed by atoms with E-state index in [9.17, 15) is 24.0 Å². The van der Waals surface area contributed by atoms with Crippen LogP contribution in [0.4, 0.5) is 29.7 Å². The largest absolute Gasteiger partial charge is 0.381 e. The average molecular weight is 1700 g/mol. The number of hydrogen-bond donors (Lipinski definition) is 5. The van der Waals surface area contributed by atoms with E-state index in [0.29, 0.717) is 156 Å². The van der Waals surface area contributed by atoms with Crippen LogP contribution in [0.5, 0.6) is 0 Å². The van der Waals surface area contributed by atoms with Crippen molar-refractivity contribution in [2.45, 2.75) is 257 Å². The number of nitrogens with zero attached hydrogens (tertiary/aromatic N) is 15. The molecule has 2 unspecified atom stereocenters. The number of carbonyl (C=O) groups excluding carboxylic acids is 5. The van der Waals surface area contributed by atoms with Gasteiger partial charge >= 0.3 is 0 Å². The molecule has 5 aliphatic carbocycles. The van der Waals surface area contributed by atoms with Crippen LogP contribution in [-0.4, -0.2) is 153 Å². The molecule has 118 heavy (non-hydrogen) atoms. The van der Waals surface area contributed by atoms with E-state index in [1.165, 1.54) is 32.1 Å². The zero-order chi connectivity index (χ0) is 82.9. The predicted molar refractivity (Wildman–Crippen MR) is 459 cm³/mol. The summed E-state index contributed by atoms with van der Waals surface area (Å²) in [5.74, 6) is 4.29. The Kier molecular flexibility index (Phi) is 28.0. The summed E-state index contributed by atoms with van der Waals surface area (Å²) in [4.78, 5) is 107. The molecule has 18 rings (SSSR count). The Morgan fingerprint density at radius 2 is 0.746 bits per heavy atom. The second kappa shape index (κ2) is 38.5. The zero-order valence-corrected chi connectivity index (χ0v) is 71.8. The Morgan fingerprint density at radius 3 is 1.08 bits per heavy atom. The molecular weight excluding hydrogens is 1590 g/mol. The summed E-state index contributed by atoms with van der Waals surface area (Å²) in [6, 6.07) is 20.0. The van der Waals surface area contributed by atoms with Crippen molar-refractivity contribution in [1.82, 2.24) is 72.7 Å². The lowest BCUT2D eigenvalue weighted by Crippen LogP contribution is -2.35. The molecule has 3 saturated heterocycles.